The highest BCUT2D eigenvalue weighted by Gasteiger charge is 2.03. The fraction of sp³-hybridized carbons (Fsp3) is 0.143. The minimum Gasteiger partial charge on any atom is -0.334 e. The van der Waals surface area contributed by atoms with Crippen LogP contribution in [-0.4, -0.2) is 11.0 Å². The number of rotatable bonds is 3. The van der Waals surface area contributed by atoms with Crippen molar-refractivity contribution in [3.63, 3.8) is 0 Å². The van der Waals surface area contributed by atoms with Crippen molar-refractivity contribution >= 4 is 11.7 Å². The third-order valence-corrected chi connectivity index (χ3v) is 2.57. The van der Waals surface area contributed by atoms with Gasteiger partial charge in [0.2, 0.25) is 0 Å². The maximum Gasteiger partial charge on any atom is 0.319 e. The lowest BCUT2D eigenvalue weighted by molar-refractivity contribution is 0.251. The summed E-state index contributed by atoms with van der Waals surface area (Å²) in [5.41, 5.74) is 2.83. The summed E-state index contributed by atoms with van der Waals surface area (Å²) >= 11 is 0. The van der Waals surface area contributed by atoms with E-state index in [9.17, 15) is 4.79 Å². The zero-order valence-electron chi connectivity index (χ0n) is 10.2. The van der Waals surface area contributed by atoms with Crippen LogP contribution in [-0.2, 0) is 6.54 Å². The molecule has 1 aromatic heterocycles. The second-order valence-corrected chi connectivity index (χ2v) is 3.98. The molecule has 0 bridgehead atoms. The summed E-state index contributed by atoms with van der Waals surface area (Å²) < 4.78 is 0. The smallest absolute Gasteiger partial charge is 0.319 e. The van der Waals surface area contributed by atoms with Crippen LogP contribution in [0.3, 0.4) is 0 Å². The number of amides is 2. The zero-order chi connectivity index (χ0) is 12.8. The molecule has 0 saturated carbocycles. The lowest BCUT2D eigenvalue weighted by Gasteiger charge is -2.09. The Bertz CT molecular complexity index is 526. The van der Waals surface area contributed by atoms with Crippen LogP contribution in [0, 0.1) is 6.92 Å². The van der Waals surface area contributed by atoms with Crippen molar-refractivity contribution in [3.05, 3.63) is 59.9 Å². The molecule has 1 heterocycles. The third kappa shape index (κ3) is 3.31. The maximum absolute atomic E-state index is 11.7. The van der Waals surface area contributed by atoms with Crippen molar-refractivity contribution in [1.29, 1.82) is 0 Å². The van der Waals surface area contributed by atoms with Crippen LogP contribution in [0.4, 0.5) is 10.5 Å². The van der Waals surface area contributed by atoms with E-state index in [0.29, 0.717) is 6.54 Å². The quantitative estimate of drug-likeness (QED) is 0.868. The Balaban J connectivity index is 1.88. The largest absolute Gasteiger partial charge is 0.334 e. The number of para-hydroxylation sites is 1. The van der Waals surface area contributed by atoms with Gasteiger partial charge in [0.1, 0.15) is 0 Å². The first-order valence-electron chi connectivity index (χ1n) is 5.75. The molecular weight excluding hydrogens is 226 g/mol. The topological polar surface area (TPSA) is 54.0 Å². The molecule has 4 nitrogen and oxygen atoms in total. The molecule has 92 valence electrons. The number of carbonyl (C=O) groups excluding carboxylic acids is 1. The predicted molar refractivity (Wildman–Crippen MR) is 71.3 cm³/mol. The van der Waals surface area contributed by atoms with Crippen LogP contribution < -0.4 is 10.6 Å². The first-order chi connectivity index (χ1) is 8.75. The highest BCUT2D eigenvalue weighted by atomic mass is 16.2. The molecule has 0 aliphatic heterocycles. The lowest BCUT2D eigenvalue weighted by atomic mass is 10.2. The minimum absolute atomic E-state index is 0.215. The molecule has 1 aromatic carbocycles. The number of aryl methyl sites for hydroxylation is 1. The van der Waals surface area contributed by atoms with Gasteiger partial charge in [0.05, 0.1) is 0 Å². The number of pyridine rings is 1. The second-order valence-electron chi connectivity index (χ2n) is 3.98. The molecule has 0 radical (unpaired) electrons. The molecule has 0 saturated heterocycles. The van der Waals surface area contributed by atoms with Crippen LogP contribution >= 0.6 is 0 Å². The van der Waals surface area contributed by atoms with E-state index in [0.717, 1.165) is 16.8 Å². The predicted octanol–water partition coefficient (Wildman–Crippen LogP) is 2.71. The Kier molecular flexibility index (Phi) is 3.91. The van der Waals surface area contributed by atoms with Gasteiger partial charge in [-0.3, -0.25) is 4.98 Å². The number of benzene rings is 1. The summed E-state index contributed by atoms with van der Waals surface area (Å²) in [6.07, 6.45) is 3.44. The molecule has 2 aromatic rings. The zero-order valence-corrected chi connectivity index (χ0v) is 10.2. The van der Waals surface area contributed by atoms with E-state index in [1.54, 1.807) is 12.4 Å². The number of nitrogens with one attached hydrogen (secondary N) is 2. The van der Waals surface area contributed by atoms with Crippen molar-refractivity contribution in [1.82, 2.24) is 10.3 Å². The first-order valence-corrected chi connectivity index (χ1v) is 5.75. The number of hydrogen-bond donors (Lipinski definition) is 2. The fourth-order valence-corrected chi connectivity index (χ4v) is 1.56. The van der Waals surface area contributed by atoms with Gasteiger partial charge in [-0.2, -0.15) is 0 Å². The SMILES string of the molecule is Cc1ccccc1NC(=O)NCc1cccnc1. The molecule has 0 unspecified atom stereocenters. The van der Waals surface area contributed by atoms with E-state index < -0.39 is 0 Å². The number of urea groups is 1. The molecule has 0 fully saturated rings. The van der Waals surface area contributed by atoms with E-state index in [-0.39, 0.29) is 6.03 Å². The molecule has 0 spiro atoms. The summed E-state index contributed by atoms with van der Waals surface area (Å²) in [6, 6.07) is 11.2. The van der Waals surface area contributed by atoms with Crippen molar-refractivity contribution in [2.45, 2.75) is 13.5 Å². The van der Waals surface area contributed by atoms with Crippen LogP contribution in [0.15, 0.2) is 48.8 Å². The molecule has 0 aliphatic carbocycles. The Morgan fingerprint density at radius 3 is 2.78 bits per heavy atom. The monoisotopic (exact) mass is 241 g/mol. The van der Waals surface area contributed by atoms with Gasteiger partial charge in [-0.1, -0.05) is 24.3 Å². The molecule has 2 amide bonds. The molecule has 2 rings (SSSR count). The number of hydrogen-bond acceptors (Lipinski definition) is 2. The Morgan fingerprint density at radius 2 is 2.06 bits per heavy atom. The summed E-state index contributed by atoms with van der Waals surface area (Å²) in [4.78, 5) is 15.7. The molecule has 4 heteroatoms. The summed E-state index contributed by atoms with van der Waals surface area (Å²) in [5.74, 6) is 0. The van der Waals surface area contributed by atoms with Gasteiger partial charge in [0.25, 0.3) is 0 Å². The van der Waals surface area contributed by atoms with Gasteiger partial charge in [-0.15, -0.1) is 0 Å². The van der Waals surface area contributed by atoms with Crippen LogP contribution in [0.2, 0.25) is 0 Å². The maximum atomic E-state index is 11.7. The Hall–Kier alpha value is -2.36. The summed E-state index contributed by atoms with van der Waals surface area (Å²) in [6.45, 7) is 2.42. The van der Waals surface area contributed by atoms with E-state index >= 15 is 0 Å². The van der Waals surface area contributed by atoms with Crippen molar-refractivity contribution in [2.24, 2.45) is 0 Å². The number of carbonyl (C=O) groups is 1. The fourth-order valence-electron chi connectivity index (χ4n) is 1.56. The second kappa shape index (κ2) is 5.82. The average Bonchev–Trinajstić information content (AvgIpc) is 2.40. The summed E-state index contributed by atoms with van der Waals surface area (Å²) in [7, 11) is 0. The minimum atomic E-state index is -0.215. The van der Waals surface area contributed by atoms with E-state index in [1.165, 1.54) is 0 Å². The Morgan fingerprint density at radius 1 is 1.22 bits per heavy atom. The molecule has 0 atom stereocenters. The van der Waals surface area contributed by atoms with Crippen molar-refractivity contribution in [3.8, 4) is 0 Å². The molecular formula is C14H15N3O. The highest BCUT2D eigenvalue weighted by Crippen LogP contribution is 2.12. The van der Waals surface area contributed by atoms with Crippen LogP contribution in [0.5, 0.6) is 0 Å². The molecule has 18 heavy (non-hydrogen) atoms. The first kappa shape index (κ1) is 12.1. The third-order valence-electron chi connectivity index (χ3n) is 2.57. The van der Waals surface area contributed by atoms with Crippen molar-refractivity contribution < 1.29 is 4.79 Å². The lowest BCUT2D eigenvalue weighted by Crippen LogP contribution is -2.28. The van der Waals surface area contributed by atoms with E-state index in [4.69, 9.17) is 0 Å². The number of anilines is 1. The van der Waals surface area contributed by atoms with E-state index in [2.05, 4.69) is 15.6 Å². The number of aromatic nitrogens is 1. The van der Waals surface area contributed by atoms with Gasteiger partial charge >= 0.3 is 6.03 Å². The van der Waals surface area contributed by atoms with Crippen LogP contribution in [0.25, 0.3) is 0 Å². The van der Waals surface area contributed by atoms with Gasteiger partial charge in [0, 0.05) is 24.6 Å². The normalized spacial score (nSPS) is 9.83. The van der Waals surface area contributed by atoms with Crippen molar-refractivity contribution in [2.75, 3.05) is 5.32 Å². The van der Waals surface area contributed by atoms with Gasteiger partial charge in [-0.25, -0.2) is 4.79 Å². The van der Waals surface area contributed by atoms with E-state index in [1.807, 2.05) is 43.3 Å². The average molecular weight is 241 g/mol. The van der Waals surface area contributed by atoms with Gasteiger partial charge in [-0.05, 0) is 30.2 Å². The summed E-state index contributed by atoms with van der Waals surface area (Å²) in [5, 5.41) is 5.59. The van der Waals surface area contributed by atoms with Crippen LogP contribution in [0.1, 0.15) is 11.1 Å². The highest BCUT2D eigenvalue weighted by molar-refractivity contribution is 5.89. The molecule has 2 N–H and O–H groups in total. The standard InChI is InChI=1S/C14H15N3O/c1-11-5-2-3-7-13(11)17-14(18)16-10-12-6-4-8-15-9-12/h2-9H,10H2,1H3,(H2,16,17,18). The Labute approximate surface area is 106 Å². The van der Waals surface area contributed by atoms with Gasteiger partial charge < -0.3 is 10.6 Å². The van der Waals surface area contributed by atoms with Gasteiger partial charge in [0.15, 0.2) is 0 Å². The molecule has 0 aliphatic rings. The number of nitrogens with zero attached hydrogens (tertiary/aromatic N) is 1.